The molecule has 3 unspecified atom stereocenters. The van der Waals surface area contributed by atoms with Crippen molar-refractivity contribution < 1.29 is 14.3 Å². The van der Waals surface area contributed by atoms with Gasteiger partial charge in [-0.05, 0) is 61.4 Å². The van der Waals surface area contributed by atoms with Crippen molar-refractivity contribution in [2.75, 3.05) is 12.0 Å². The van der Waals surface area contributed by atoms with Crippen molar-refractivity contribution in [1.82, 2.24) is 9.88 Å². The van der Waals surface area contributed by atoms with Crippen LogP contribution in [-0.4, -0.2) is 35.1 Å². The molecule has 1 fully saturated rings. The molecule has 0 bridgehead atoms. The second-order valence-electron chi connectivity index (χ2n) is 9.36. The summed E-state index contributed by atoms with van der Waals surface area (Å²) in [5.74, 6) is 0.518. The average molecular weight is 486 g/mol. The number of hydrogen-bond donors (Lipinski definition) is 1. The maximum Gasteiger partial charge on any atom is 0.276 e. The number of ether oxygens (including phenoxy) is 1. The molecule has 1 aliphatic heterocycles. The van der Waals surface area contributed by atoms with Gasteiger partial charge in [-0.1, -0.05) is 31.4 Å². The summed E-state index contributed by atoms with van der Waals surface area (Å²) in [6.45, 7) is 4.38. The highest BCUT2D eigenvalue weighted by Crippen LogP contribution is 2.42. The highest BCUT2D eigenvalue weighted by atomic mass is 35.5. The number of benzene rings is 1. The fraction of sp³-hybridized carbons (Fsp3) is 0.440. The number of carbonyl (C=O) groups excluding carboxylic acids is 2. The van der Waals surface area contributed by atoms with Crippen LogP contribution in [-0.2, 0) is 11.3 Å². The highest BCUT2D eigenvalue weighted by Gasteiger charge is 2.50. The maximum atomic E-state index is 14.0. The van der Waals surface area contributed by atoms with Crippen molar-refractivity contribution in [3.05, 3.63) is 46.4 Å². The van der Waals surface area contributed by atoms with Crippen molar-refractivity contribution in [3.8, 4) is 5.75 Å². The number of amides is 2. The Bertz CT molecular complexity index is 1230. The molecule has 3 atom stereocenters. The second kappa shape index (κ2) is 8.37. The van der Waals surface area contributed by atoms with Gasteiger partial charge in [-0.3, -0.25) is 14.5 Å². The zero-order valence-corrected chi connectivity index (χ0v) is 20.6. The summed E-state index contributed by atoms with van der Waals surface area (Å²) in [4.78, 5) is 29.5. The van der Waals surface area contributed by atoms with Gasteiger partial charge in [0, 0.05) is 11.1 Å². The van der Waals surface area contributed by atoms with Crippen LogP contribution in [0, 0.1) is 5.92 Å². The molecule has 2 amide bonds. The quantitative estimate of drug-likeness (QED) is 0.532. The monoisotopic (exact) mass is 485 g/mol. The lowest BCUT2D eigenvalue weighted by molar-refractivity contribution is -0.127. The molecule has 6 nitrogen and oxygen atoms in total. The van der Waals surface area contributed by atoms with E-state index >= 15 is 0 Å². The molecule has 5 rings (SSSR count). The molecule has 174 valence electrons. The fourth-order valence-electron chi connectivity index (χ4n) is 5.28. The minimum atomic E-state index is -1.16. The summed E-state index contributed by atoms with van der Waals surface area (Å²) < 4.78 is 8.59. The molecule has 3 aromatic rings. The number of carbonyl (C=O) groups is 2. The molecular formula is C25H28ClN3O3S. The SMILES string of the molecule is COc1ccc(Cl)cc1N1C(=O)c2cc3sccc3n2CC1(C)C(=O)NC1CCCCC1C. The molecule has 1 aliphatic carbocycles. The number of anilines is 1. The van der Waals surface area contributed by atoms with Gasteiger partial charge >= 0.3 is 0 Å². The molecule has 33 heavy (non-hydrogen) atoms. The van der Waals surface area contributed by atoms with E-state index in [-0.39, 0.29) is 17.9 Å². The predicted octanol–water partition coefficient (Wildman–Crippen LogP) is 5.48. The Kier molecular flexibility index (Phi) is 5.65. The summed E-state index contributed by atoms with van der Waals surface area (Å²) in [7, 11) is 1.56. The van der Waals surface area contributed by atoms with Crippen LogP contribution in [0.1, 0.15) is 50.0 Å². The number of thiophene rings is 1. The molecule has 2 aliphatic rings. The molecule has 0 spiro atoms. The van der Waals surface area contributed by atoms with Crippen molar-refractivity contribution >= 4 is 50.7 Å². The van der Waals surface area contributed by atoms with Crippen molar-refractivity contribution in [1.29, 1.82) is 0 Å². The average Bonchev–Trinajstić information content (AvgIpc) is 3.38. The normalized spacial score (nSPS) is 25.2. The molecular weight excluding hydrogens is 458 g/mol. The van der Waals surface area contributed by atoms with Gasteiger partial charge < -0.3 is 14.6 Å². The van der Waals surface area contributed by atoms with Crippen LogP contribution in [0.5, 0.6) is 5.75 Å². The number of rotatable bonds is 4. The largest absolute Gasteiger partial charge is 0.495 e. The van der Waals surface area contributed by atoms with E-state index in [1.165, 1.54) is 6.42 Å². The molecule has 0 radical (unpaired) electrons. The van der Waals surface area contributed by atoms with E-state index < -0.39 is 5.54 Å². The summed E-state index contributed by atoms with van der Waals surface area (Å²) in [6, 6.07) is 9.18. The van der Waals surface area contributed by atoms with Crippen molar-refractivity contribution in [2.24, 2.45) is 5.92 Å². The molecule has 2 aromatic heterocycles. The van der Waals surface area contributed by atoms with Crippen LogP contribution in [0.3, 0.4) is 0 Å². The summed E-state index contributed by atoms with van der Waals surface area (Å²) in [5.41, 5.74) is 0.883. The van der Waals surface area contributed by atoms with Gasteiger partial charge in [0.15, 0.2) is 0 Å². The van der Waals surface area contributed by atoms with E-state index in [1.807, 2.05) is 29.0 Å². The Morgan fingerprint density at radius 1 is 1.24 bits per heavy atom. The number of methoxy groups -OCH3 is 1. The number of fused-ring (bicyclic) bond motifs is 3. The first-order valence-corrected chi connectivity index (χ1v) is 12.6. The van der Waals surface area contributed by atoms with Crippen LogP contribution in [0.25, 0.3) is 10.2 Å². The Labute approximate surface area is 202 Å². The third kappa shape index (κ3) is 3.62. The van der Waals surface area contributed by atoms with E-state index in [9.17, 15) is 9.59 Å². The molecule has 0 saturated heterocycles. The molecule has 8 heteroatoms. The van der Waals surface area contributed by atoms with Gasteiger partial charge in [0.1, 0.15) is 17.0 Å². The standard InChI is InChI=1S/C25H28ClN3O3S/c1-15-6-4-5-7-17(15)27-24(31)25(2)14-28-18-10-11-33-22(18)13-20(28)23(30)29(25)19-12-16(26)8-9-21(19)32-3/h8-13,15,17H,4-7,14H2,1-3H3,(H,27,31). The lowest BCUT2D eigenvalue weighted by Crippen LogP contribution is -2.65. The first-order valence-electron chi connectivity index (χ1n) is 11.4. The number of halogens is 1. The Morgan fingerprint density at radius 2 is 2.03 bits per heavy atom. The zero-order valence-electron chi connectivity index (χ0n) is 19.1. The number of nitrogens with one attached hydrogen (secondary N) is 1. The van der Waals surface area contributed by atoms with Crippen molar-refractivity contribution in [3.63, 3.8) is 0 Å². The van der Waals surface area contributed by atoms with E-state index in [2.05, 4.69) is 12.2 Å². The summed E-state index contributed by atoms with van der Waals surface area (Å²) >= 11 is 7.93. The molecule has 3 heterocycles. The van der Waals surface area contributed by atoms with Crippen LogP contribution in [0.4, 0.5) is 5.69 Å². The Morgan fingerprint density at radius 3 is 2.79 bits per heavy atom. The first-order chi connectivity index (χ1) is 15.8. The predicted molar refractivity (Wildman–Crippen MR) is 133 cm³/mol. The van der Waals surface area contributed by atoms with Gasteiger partial charge in [-0.15, -0.1) is 11.3 Å². The van der Waals surface area contributed by atoms with E-state index in [0.717, 1.165) is 29.5 Å². The molecule has 1 aromatic carbocycles. The van der Waals surface area contributed by atoms with Crippen LogP contribution in [0.15, 0.2) is 35.7 Å². The minimum Gasteiger partial charge on any atom is -0.495 e. The first kappa shape index (κ1) is 22.3. The number of hydrogen-bond acceptors (Lipinski definition) is 4. The van der Waals surface area contributed by atoms with E-state index in [1.54, 1.807) is 41.5 Å². The van der Waals surface area contributed by atoms with Gasteiger partial charge in [0.25, 0.3) is 5.91 Å². The summed E-state index contributed by atoms with van der Waals surface area (Å²) in [5, 5.41) is 5.78. The van der Waals surface area contributed by atoms with Crippen LogP contribution < -0.4 is 15.0 Å². The fourth-order valence-corrected chi connectivity index (χ4v) is 6.27. The third-order valence-electron chi connectivity index (χ3n) is 7.20. The van der Waals surface area contributed by atoms with Crippen LogP contribution >= 0.6 is 22.9 Å². The topological polar surface area (TPSA) is 63.6 Å². The van der Waals surface area contributed by atoms with Gasteiger partial charge in [-0.25, -0.2) is 0 Å². The lowest BCUT2D eigenvalue weighted by Gasteiger charge is -2.45. The smallest absolute Gasteiger partial charge is 0.276 e. The van der Waals surface area contributed by atoms with Gasteiger partial charge in [0.05, 0.1) is 29.6 Å². The summed E-state index contributed by atoms with van der Waals surface area (Å²) in [6.07, 6.45) is 4.36. The minimum absolute atomic E-state index is 0.105. The lowest BCUT2D eigenvalue weighted by atomic mass is 9.84. The molecule has 1 N–H and O–H groups in total. The molecule has 1 saturated carbocycles. The maximum absolute atomic E-state index is 14.0. The third-order valence-corrected chi connectivity index (χ3v) is 8.29. The number of nitrogens with zero attached hydrogens (tertiary/aromatic N) is 2. The van der Waals surface area contributed by atoms with E-state index in [4.69, 9.17) is 16.3 Å². The zero-order chi connectivity index (χ0) is 23.3. The Hall–Kier alpha value is -2.51. The van der Waals surface area contributed by atoms with Crippen LogP contribution in [0.2, 0.25) is 5.02 Å². The number of aromatic nitrogens is 1. The second-order valence-corrected chi connectivity index (χ2v) is 10.7. The highest BCUT2D eigenvalue weighted by molar-refractivity contribution is 7.17. The van der Waals surface area contributed by atoms with E-state index in [0.29, 0.717) is 34.6 Å². The van der Waals surface area contributed by atoms with Crippen molar-refractivity contribution in [2.45, 2.75) is 57.7 Å². The van der Waals surface area contributed by atoms with Gasteiger partial charge in [-0.2, -0.15) is 0 Å². The Balaban J connectivity index is 1.64. The van der Waals surface area contributed by atoms with Gasteiger partial charge in [0.2, 0.25) is 5.91 Å².